The second-order valence-electron chi connectivity index (χ2n) is 13.4. The van der Waals surface area contributed by atoms with Crippen molar-refractivity contribution in [2.75, 3.05) is 9.80 Å². The predicted octanol–water partition coefficient (Wildman–Crippen LogP) is 13.5. The van der Waals surface area contributed by atoms with Crippen LogP contribution in [0.2, 0.25) is 0 Å². The van der Waals surface area contributed by atoms with E-state index in [-0.39, 0.29) is 6.04 Å². The Morgan fingerprint density at radius 3 is 1.84 bits per heavy atom. The summed E-state index contributed by atoms with van der Waals surface area (Å²) in [6.07, 6.45) is 22.9. The molecule has 0 radical (unpaired) electrons. The molecule has 0 saturated heterocycles. The van der Waals surface area contributed by atoms with E-state index < -0.39 is 0 Å². The number of benzene rings is 4. The van der Waals surface area contributed by atoms with Crippen molar-refractivity contribution in [3.8, 4) is 0 Å². The van der Waals surface area contributed by atoms with Gasteiger partial charge in [-0.3, -0.25) is 0 Å². The van der Waals surface area contributed by atoms with Gasteiger partial charge in [0, 0.05) is 28.4 Å². The Kier molecular flexibility index (Phi) is 11.5. The molecule has 2 aliphatic rings. The lowest BCUT2D eigenvalue weighted by Crippen LogP contribution is -2.30. The lowest BCUT2D eigenvalue weighted by Gasteiger charge is -2.34. The maximum Gasteiger partial charge on any atom is 0.0560 e. The van der Waals surface area contributed by atoms with Gasteiger partial charge in [-0.05, 0) is 127 Å². The third-order valence-corrected chi connectivity index (χ3v) is 10.2. The Balaban J connectivity index is 1.22. The van der Waals surface area contributed by atoms with Gasteiger partial charge in [-0.1, -0.05) is 125 Å². The summed E-state index contributed by atoms with van der Waals surface area (Å²) in [6, 6.07) is 40.3. The number of para-hydroxylation sites is 2. The van der Waals surface area contributed by atoms with Crippen LogP contribution in [0, 0.1) is 0 Å². The van der Waals surface area contributed by atoms with Crippen LogP contribution >= 0.6 is 0 Å². The minimum Gasteiger partial charge on any atom is -0.334 e. The molecular weight excluding hydrogens is 593 g/mol. The van der Waals surface area contributed by atoms with Crippen molar-refractivity contribution in [1.82, 2.24) is 0 Å². The molecule has 0 amide bonds. The Hall–Kier alpha value is -4.82. The highest BCUT2D eigenvalue weighted by Crippen LogP contribution is 2.38. The van der Waals surface area contributed by atoms with E-state index in [0.717, 1.165) is 25.7 Å². The first-order valence-electron chi connectivity index (χ1n) is 18.4. The monoisotopic (exact) mass is 644 g/mol. The van der Waals surface area contributed by atoms with Gasteiger partial charge in [-0.15, -0.1) is 0 Å². The van der Waals surface area contributed by atoms with E-state index in [9.17, 15) is 0 Å². The smallest absolute Gasteiger partial charge is 0.0560 e. The molecule has 2 aliphatic carbocycles. The average molecular weight is 645 g/mol. The first-order chi connectivity index (χ1) is 24.1. The van der Waals surface area contributed by atoms with Crippen LogP contribution in [0.4, 0.5) is 22.7 Å². The van der Waals surface area contributed by atoms with Gasteiger partial charge in [0.15, 0.2) is 0 Å². The number of hydrogen-bond donors (Lipinski definition) is 0. The van der Waals surface area contributed by atoms with E-state index in [1.807, 2.05) is 0 Å². The molecule has 0 spiro atoms. The molecule has 2 atom stereocenters. The number of rotatable bonds is 13. The average Bonchev–Trinajstić information content (AvgIpc) is 3.17. The molecule has 0 bridgehead atoms. The summed E-state index contributed by atoms with van der Waals surface area (Å²) in [4.78, 5) is 4.93. The molecular formula is C47H52N2. The zero-order valence-electron chi connectivity index (χ0n) is 29.8. The van der Waals surface area contributed by atoms with E-state index in [0.29, 0.717) is 11.8 Å². The van der Waals surface area contributed by atoms with Crippen molar-refractivity contribution in [3.05, 3.63) is 180 Å². The molecule has 0 N–H and O–H groups in total. The van der Waals surface area contributed by atoms with Crippen LogP contribution in [0.3, 0.4) is 0 Å². The fraction of sp³-hybridized carbons (Fsp3) is 0.277. The standard InChI is InChI=1S/C47H52N2/c1-5-8-15-36(4)38-20-28-44(29-21-38)48(42-16-11-9-12-17-42)46-32-24-40(25-33-46)41-26-34-47(35-27-41)49(43-18-13-10-14-19-43)45-30-22-39(23-31-45)37(6-2)7-3/h8-24,26-32,34,36-37,47H,5-7,25,33,35H2,1-4H3. The maximum absolute atomic E-state index is 2.50. The van der Waals surface area contributed by atoms with E-state index in [1.165, 1.54) is 63.6 Å². The van der Waals surface area contributed by atoms with Gasteiger partial charge >= 0.3 is 0 Å². The van der Waals surface area contributed by atoms with Crippen molar-refractivity contribution >= 4 is 22.7 Å². The normalized spacial score (nSPS) is 16.7. The fourth-order valence-corrected chi connectivity index (χ4v) is 7.32. The van der Waals surface area contributed by atoms with E-state index in [2.05, 4.69) is 189 Å². The molecule has 4 aromatic rings. The van der Waals surface area contributed by atoms with Crippen LogP contribution in [-0.4, -0.2) is 6.04 Å². The van der Waals surface area contributed by atoms with Crippen LogP contribution in [0.15, 0.2) is 169 Å². The van der Waals surface area contributed by atoms with Gasteiger partial charge < -0.3 is 9.80 Å². The topological polar surface area (TPSA) is 6.48 Å². The zero-order chi connectivity index (χ0) is 34.0. The second kappa shape index (κ2) is 16.5. The van der Waals surface area contributed by atoms with Gasteiger partial charge in [-0.2, -0.15) is 0 Å². The lowest BCUT2D eigenvalue weighted by molar-refractivity contribution is 0.642. The van der Waals surface area contributed by atoms with Crippen LogP contribution in [0.1, 0.15) is 89.2 Å². The largest absolute Gasteiger partial charge is 0.334 e. The molecule has 2 nitrogen and oxygen atoms in total. The Morgan fingerprint density at radius 1 is 0.673 bits per heavy atom. The minimum absolute atomic E-state index is 0.261. The van der Waals surface area contributed by atoms with Crippen LogP contribution in [0.5, 0.6) is 0 Å². The summed E-state index contributed by atoms with van der Waals surface area (Å²) >= 11 is 0. The Morgan fingerprint density at radius 2 is 1.27 bits per heavy atom. The fourth-order valence-electron chi connectivity index (χ4n) is 7.32. The molecule has 4 aromatic carbocycles. The van der Waals surface area contributed by atoms with E-state index in [4.69, 9.17) is 0 Å². The Labute approximate surface area is 295 Å². The first-order valence-corrected chi connectivity index (χ1v) is 18.4. The molecule has 2 heteroatoms. The van der Waals surface area contributed by atoms with Crippen molar-refractivity contribution in [3.63, 3.8) is 0 Å². The zero-order valence-corrected chi connectivity index (χ0v) is 29.8. The van der Waals surface area contributed by atoms with Crippen molar-refractivity contribution in [2.45, 2.75) is 84.1 Å². The highest BCUT2D eigenvalue weighted by Gasteiger charge is 2.23. The molecule has 0 aliphatic heterocycles. The van der Waals surface area contributed by atoms with Gasteiger partial charge in [0.1, 0.15) is 0 Å². The van der Waals surface area contributed by atoms with Gasteiger partial charge in [-0.25, -0.2) is 0 Å². The number of anilines is 4. The SMILES string of the molecule is CCC=CC(C)c1ccc(N(C2=CC=C(C3=CCC(N(c4ccccc4)c4ccc(C(CC)CC)cc4)C=C3)CC2)c2ccccc2)cc1. The summed E-state index contributed by atoms with van der Waals surface area (Å²) in [6.45, 7) is 9.04. The molecule has 2 unspecified atom stereocenters. The van der Waals surface area contributed by atoms with Gasteiger partial charge in [0.25, 0.3) is 0 Å². The van der Waals surface area contributed by atoms with Gasteiger partial charge in [0.05, 0.1) is 6.04 Å². The number of allylic oxidation sites excluding steroid dienone is 8. The molecule has 49 heavy (non-hydrogen) atoms. The van der Waals surface area contributed by atoms with Crippen LogP contribution < -0.4 is 9.80 Å². The summed E-state index contributed by atoms with van der Waals surface area (Å²) in [5.74, 6) is 1.04. The highest BCUT2D eigenvalue weighted by atomic mass is 15.2. The van der Waals surface area contributed by atoms with E-state index >= 15 is 0 Å². The molecule has 6 rings (SSSR count). The minimum atomic E-state index is 0.261. The summed E-state index contributed by atoms with van der Waals surface area (Å²) < 4.78 is 0. The van der Waals surface area contributed by atoms with Crippen LogP contribution in [0.25, 0.3) is 0 Å². The van der Waals surface area contributed by atoms with Crippen molar-refractivity contribution in [1.29, 1.82) is 0 Å². The Bertz CT molecular complexity index is 1790. The molecule has 0 heterocycles. The summed E-state index contributed by atoms with van der Waals surface area (Å²) in [7, 11) is 0. The van der Waals surface area contributed by atoms with E-state index in [1.54, 1.807) is 0 Å². The molecule has 0 fully saturated rings. The molecule has 0 saturated carbocycles. The second-order valence-corrected chi connectivity index (χ2v) is 13.4. The van der Waals surface area contributed by atoms with Crippen LogP contribution in [-0.2, 0) is 0 Å². The molecule has 250 valence electrons. The first kappa shape index (κ1) is 34.1. The maximum atomic E-state index is 2.50. The quantitative estimate of drug-likeness (QED) is 0.134. The predicted molar refractivity (Wildman–Crippen MR) is 212 cm³/mol. The van der Waals surface area contributed by atoms with Crippen molar-refractivity contribution in [2.24, 2.45) is 0 Å². The number of hydrogen-bond acceptors (Lipinski definition) is 2. The summed E-state index contributed by atoms with van der Waals surface area (Å²) in [5.41, 5.74) is 11.8. The van der Waals surface area contributed by atoms with Gasteiger partial charge in [0.2, 0.25) is 0 Å². The molecule has 0 aromatic heterocycles. The van der Waals surface area contributed by atoms with Crippen molar-refractivity contribution < 1.29 is 0 Å². The number of nitrogens with zero attached hydrogens (tertiary/aromatic N) is 2. The summed E-state index contributed by atoms with van der Waals surface area (Å²) in [5, 5.41) is 0. The highest BCUT2D eigenvalue weighted by molar-refractivity contribution is 5.70. The third-order valence-electron chi connectivity index (χ3n) is 10.2. The lowest BCUT2D eigenvalue weighted by atomic mass is 9.90. The third kappa shape index (κ3) is 8.08.